The molecule has 120 valence electrons. The van der Waals surface area contributed by atoms with E-state index in [1.54, 1.807) is 12.1 Å². The van der Waals surface area contributed by atoms with Crippen molar-refractivity contribution in [2.75, 3.05) is 32.9 Å². The Bertz CT molecular complexity index is 513. The second-order valence-electron chi connectivity index (χ2n) is 6.16. The van der Waals surface area contributed by atoms with E-state index < -0.39 is 0 Å². The Kier molecular flexibility index (Phi) is 4.64. The molecule has 5 nitrogen and oxygen atoms in total. The molecule has 1 amide bonds. The Labute approximate surface area is 130 Å². The van der Waals surface area contributed by atoms with Gasteiger partial charge in [0.25, 0.3) is 5.91 Å². The van der Waals surface area contributed by atoms with E-state index in [1.165, 1.54) is 12.5 Å². The standard InChI is InChI=1S/C17H23NO4/c1-2-8-21-13-17-6-3-9-22-15(17)4-7-18(12-17)16(19)14-5-10-20-11-14/h2,5,10-11,15H,1,3-4,6-9,12-13H2/t15-,17+/m0/s1. The summed E-state index contributed by atoms with van der Waals surface area (Å²) in [5.41, 5.74) is 0.510. The molecule has 2 atom stereocenters. The molecule has 0 aliphatic carbocycles. The van der Waals surface area contributed by atoms with Gasteiger partial charge in [-0.05, 0) is 25.3 Å². The number of hydrogen-bond acceptors (Lipinski definition) is 4. The van der Waals surface area contributed by atoms with Crippen LogP contribution in [0.5, 0.6) is 0 Å². The Hall–Kier alpha value is -1.59. The maximum Gasteiger partial charge on any atom is 0.257 e. The van der Waals surface area contributed by atoms with E-state index in [4.69, 9.17) is 13.9 Å². The van der Waals surface area contributed by atoms with Crippen LogP contribution >= 0.6 is 0 Å². The number of carbonyl (C=O) groups excluding carboxylic acids is 1. The van der Waals surface area contributed by atoms with Crippen LogP contribution in [0.15, 0.2) is 35.7 Å². The lowest BCUT2D eigenvalue weighted by Crippen LogP contribution is -2.58. The average molecular weight is 305 g/mol. The summed E-state index contributed by atoms with van der Waals surface area (Å²) in [6.07, 6.45) is 7.89. The summed E-state index contributed by atoms with van der Waals surface area (Å²) < 4.78 is 16.7. The van der Waals surface area contributed by atoms with Crippen molar-refractivity contribution in [1.29, 1.82) is 0 Å². The van der Waals surface area contributed by atoms with Gasteiger partial charge >= 0.3 is 0 Å². The van der Waals surface area contributed by atoms with Crippen LogP contribution in [0.4, 0.5) is 0 Å². The highest BCUT2D eigenvalue weighted by molar-refractivity contribution is 5.93. The van der Waals surface area contributed by atoms with Crippen LogP contribution in [0.3, 0.4) is 0 Å². The van der Waals surface area contributed by atoms with Gasteiger partial charge < -0.3 is 18.8 Å². The Morgan fingerprint density at radius 1 is 1.59 bits per heavy atom. The number of amides is 1. The maximum atomic E-state index is 12.6. The highest BCUT2D eigenvalue weighted by Crippen LogP contribution is 2.40. The Balaban J connectivity index is 1.74. The minimum atomic E-state index is -0.0983. The zero-order valence-electron chi connectivity index (χ0n) is 12.8. The molecule has 1 aromatic rings. The fourth-order valence-corrected chi connectivity index (χ4v) is 3.59. The predicted molar refractivity (Wildman–Crippen MR) is 81.7 cm³/mol. The van der Waals surface area contributed by atoms with Gasteiger partial charge in [0, 0.05) is 25.1 Å². The van der Waals surface area contributed by atoms with Gasteiger partial charge in [-0.1, -0.05) is 6.08 Å². The fraction of sp³-hybridized carbons (Fsp3) is 0.588. The number of carbonyl (C=O) groups is 1. The minimum Gasteiger partial charge on any atom is -0.472 e. The van der Waals surface area contributed by atoms with Gasteiger partial charge in [-0.25, -0.2) is 0 Å². The SMILES string of the molecule is C=CCOC[C@]12CCCO[C@H]1CCN(C(=O)c1ccoc1)C2. The van der Waals surface area contributed by atoms with Crippen LogP contribution in [0.25, 0.3) is 0 Å². The molecule has 2 aliphatic rings. The highest BCUT2D eigenvalue weighted by atomic mass is 16.5. The summed E-state index contributed by atoms with van der Waals surface area (Å²) in [5.74, 6) is 0.0286. The number of nitrogens with zero attached hydrogens (tertiary/aromatic N) is 1. The minimum absolute atomic E-state index is 0.0286. The van der Waals surface area contributed by atoms with Crippen molar-refractivity contribution >= 4 is 5.91 Å². The first-order valence-electron chi connectivity index (χ1n) is 7.87. The second kappa shape index (κ2) is 6.67. The van der Waals surface area contributed by atoms with Gasteiger partial charge in [-0.2, -0.15) is 0 Å². The first-order chi connectivity index (χ1) is 10.7. The lowest BCUT2D eigenvalue weighted by molar-refractivity contribution is -0.144. The normalized spacial score (nSPS) is 28.2. The lowest BCUT2D eigenvalue weighted by Gasteiger charge is -2.50. The molecule has 0 spiro atoms. The number of rotatable bonds is 5. The van der Waals surface area contributed by atoms with E-state index in [9.17, 15) is 4.79 Å². The van der Waals surface area contributed by atoms with Crippen molar-refractivity contribution in [3.8, 4) is 0 Å². The molecule has 0 aromatic carbocycles. The van der Waals surface area contributed by atoms with Crippen LogP contribution < -0.4 is 0 Å². The number of ether oxygens (including phenoxy) is 2. The molecule has 0 radical (unpaired) electrons. The van der Waals surface area contributed by atoms with Gasteiger partial charge in [-0.15, -0.1) is 6.58 Å². The largest absolute Gasteiger partial charge is 0.472 e. The maximum absolute atomic E-state index is 12.6. The smallest absolute Gasteiger partial charge is 0.257 e. The molecule has 2 aliphatic heterocycles. The molecule has 0 N–H and O–H groups in total. The number of hydrogen-bond donors (Lipinski definition) is 0. The topological polar surface area (TPSA) is 51.9 Å². The molecule has 2 saturated heterocycles. The van der Waals surface area contributed by atoms with E-state index in [0.717, 1.165) is 32.4 Å². The van der Waals surface area contributed by atoms with Gasteiger partial charge in [0.15, 0.2) is 0 Å². The number of likely N-dealkylation sites (tertiary alicyclic amines) is 1. The van der Waals surface area contributed by atoms with Gasteiger partial charge in [0.2, 0.25) is 0 Å². The third kappa shape index (κ3) is 2.96. The van der Waals surface area contributed by atoms with Crippen molar-refractivity contribution in [2.24, 2.45) is 5.41 Å². The summed E-state index contributed by atoms with van der Waals surface area (Å²) in [6, 6.07) is 1.71. The Morgan fingerprint density at radius 2 is 2.50 bits per heavy atom. The van der Waals surface area contributed by atoms with Crippen molar-refractivity contribution in [1.82, 2.24) is 4.90 Å². The monoisotopic (exact) mass is 305 g/mol. The highest BCUT2D eigenvalue weighted by Gasteiger charge is 2.47. The number of fused-ring (bicyclic) bond motifs is 1. The molecular formula is C17H23NO4. The third-order valence-corrected chi connectivity index (χ3v) is 4.67. The molecule has 0 bridgehead atoms. The molecule has 3 rings (SSSR count). The molecular weight excluding hydrogens is 282 g/mol. The number of furan rings is 1. The van der Waals surface area contributed by atoms with Gasteiger partial charge in [-0.3, -0.25) is 4.79 Å². The van der Waals surface area contributed by atoms with Gasteiger partial charge in [0.1, 0.15) is 6.26 Å². The molecule has 0 unspecified atom stereocenters. The second-order valence-corrected chi connectivity index (χ2v) is 6.16. The molecule has 5 heteroatoms. The van der Waals surface area contributed by atoms with E-state index in [-0.39, 0.29) is 17.4 Å². The van der Waals surface area contributed by atoms with Crippen molar-refractivity contribution in [3.05, 3.63) is 36.8 Å². The summed E-state index contributed by atoms with van der Waals surface area (Å²) in [5, 5.41) is 0. The average Bonchev–Trinajstić information content (AvgIpc) is 3.08. The number of piperidine rings is 1. The van der Waals surface area contributed by atoms with Crippen molar-refractivity contribution < 1.29 is 18.7 Å². The van der Waals surface area contributed by atoms with Crippen LogP contribution in [-0.4, -0.2) is 49.8 Å². The van der Waals surface area contributed by atoms with Crippen LogP contribution in [-0.2, 0) is 9.47 Å². The van der Waals surface area contributed by atoms with Crippen LogP contribution in [0.2, 0.25) is 0 Å². The summed E-state index contributed by atoms with van der Waals surface area (Å²) >= 11 is 0. The van der Waals surface area contributed by atoms with E-state index >= 15 is 0 Å². The first kappa shape index (κ1) is 15.3. The van der Waals surface area contributed by atoms with Crippen LogP contribution in [0.1, 0.15) is 29.6 Å². The summed E-state index contributed by atoms with van der Waals surface area (Å²) in [4.78, 5) is 14.5. The first-order valence-corrected chi connectivity index (χ1v) is 7.87. The fourth-order valence-electron chi connectivity index (χ4n) is 3.59. The predicted octanol–water partition coefficient (Wildman–Crippen LogP) is 2.49. The van der Waals surface area contributed by atoms with Crippen LogP contribution in [0, 0.1) is 5.41 Å². The molecule has 22 heavy (non-hydrogen) atoms. The Morgan fingerprint density at radius 3 is 3.27 bits per heavy atom. The zero-order chi connectivity index (χ0) is 15.4. The van der Waals surface area contributed by atoms with E-state index in [1.807, 2.05) is 4.90 Å². The molecule has 1 aromatic heterocycles. The van der Waals surface area contributed by atoms with Gasteiger partial charge in [0.05, 0.1) is 31.1 Å². The summed E-state index contributed by atoms with van der Waals surface area (Å²) in [6.45, 7) is 7.04. The quantitative estimate of drug-likeness (QED) is 0.619. The summed E-state index contributed by atoms with van der Waals surface area (Å²) in [7, 11) is 0. The molecule has 3 heterocycles. The molecule has 2 fully saturated rings. The van der Waals surface area contributed by atoms with Crippen molar-refractivity contribution in [2.45, 2.75) is 25.4 Å². The lowest BCUT2D eigenvalue weighted by atomic mass is 9.73. The van der Waals surface area contributed by atoms with E-state index in [0.29, 0.717) is 25.3 Å². The zero-order valence-corrected chi connectivity index (χ0v) is 12.8. The van der Waals surface area contributed by atoms with Crippen molar-refractivity contribution in [3.63, 3.8) is 0 Å². The third-order valence-electron chi connectivity index (χ3n) is 4.67. The van der Waals surface area contributed by atoms with E-state index in [2.05, 4.69) is 6.58 Å². The molecule has 0 saturated carbocycles.